The van der Waals surface area contributed by atoms with Crippen molar-refractivity contribution in [3.63, 3.8) is 0 Å². The SMILES string of the molecule is Cc1cnn(C[C@H](C)NC[C@H](O)CO[C@H]2CCCc3ccccc32)c1. The van der Waals surface area contributed by atoms with Crippen LogP contribution in [0.3, 0.4) is 0 Å². The molecule has 1 aliphatic rings. The van der Waals surface area contributed by atoms with Crippen molar-refractivity contribution in [1.82, 2.24) is 15.1 Å². The molecular formula is C20H29N3O2. The van der Waals surface area contributed by atoms with Gasteiger partial charge >= 0.3 is 0 Å². The Balaban J connectivity index is 1.40. The summed E-state index contributed by atoms with van der Waals surface area (Å²) >= 11 is 0. The lowest BCUT2D eigenvalue weighted by molar-refractivity contribution is -0.0174. The third kappa shape index (κ3) is 5.14. The van der Waals surface area contributed by atoms with Gasteiger partial charge in [-0.15, -0.1) is 0 Å². The summed E-state index contributed by atoms with van der Waals surface area (Å²) in [5, 5.41) is 17.9. The van der Waals surface area contributed by atoms with Crippen molar-refractivity contribution < 1.29 is 9.84 Å². The highest BCUT2D eigenvalue weighted by atomic mass is 16.5. The van der Waals surface area contributed by atoms with E-state index in [1.165, 1.54) is 11.1 Å². The molecule has 1 heterocycles. The molecule has 0 fully saturated rings. The van der Waals surface area contributed by atoms with E-state index in [0.717, 1.165) is 31.4 Å². The first-order valence-electron chi connectivity index (χ1n) is 9.21. The molecule has 0 radical (unpaired) electrons. The number of benzene rings is 1. The van der Waals surface area contributed by atoms with E-state index in [9.17, 15) is 5.11 Å². The van der Waals surface area contributed by atoms with Crippen LogP contribution in [0.15, 0.2) is 36.7 Å². The Morgan fingerprint density at radius 1 is 1.40 bits per heavy atom. The monoisotopic (exact) mass is 343 g/mol. The molecule has 0 aliphatic heterocycles. The van der Waals surface area contributed by atoms with Crippen LogP contribution in [0.5, 0.6) is 0 Å². The van der Waals surface area contributed by atoms with Crippen LogP contribution in [-0.2, 0) is 17.7 Å². The average molecular weight is 343 g/mol. The number of hydrogen-bond donors (Lipinski definition) is 2. The zero-order valence-electron chi connectivity index (χ0n) is 15.2. The third-order valence-electron chi connectivity index (χ3n) is 4.73. The first-order valence-corrected chi connectivity index (χ1v) is 9.21. The maximum absolute atomic E-state index is 10.2. The van der Waals surface area contributed by atoms with Crippen LogP contribution in [-0.4, -0.2) is 40.2 Å². The number of fused-ring (bicyclic) bond motifs is 1. The maximum Gasteiger partial charge on any atom is 0.0898 e. The van der Waals surface area contributed by atoms with E-state index in [-0.39, 0.29) is 12.1 Å². The first-order chi connectivity index (χ1) is 12.1. The van der Waals surface area contributed by atoms with Gasteiger partial charge in [0.15, 0.2) is 0 Å². The zero-order chi connectivity index (χ0) is 17.6. The summed E-state index contributed by atoms with van der Waals surface area (Å²) in [6.45, 7) is 5.81. The molecule has 0 bridgehead atoms. The van der Waals surface area contributed by atoms with Crippen molar-refractivity contribution in [3.8, 4) is 0 Å². The topological polar surface area (TPSA) is 59.3 Å². The molecule has 0 saturated carbocycles. The van der Waals surface area contributed by atoms with Gasteiger partial charge in [0.1, 0.15) is 0 Å². The first kappa shape index (κ1) is 18.1. The standard InChI is InChI=1S/C20H29N3O2/c1-15-10-22-23(12-15)13-16(2)21-11-18(24)14-25-20-9-5-7-17-6-3-4-8-19(17)20/h3-4,6,8,10,12,16,18,20-21,24H,5,7,9,11,13-14H2,1-2H3/t16-,18-,20-/m0/s1. The fourth-order valence-electron chi connectivity index (χ4n) is 3.42. The normalized spacial score (nSPS) is 19.4. The third-order valence-corrected chi connectivity index (χ3v) is 4.73. The highest BCUT2D eigenvalue weighted by Crippen LogP contribution is 2.32. The Labute approximate surface area is 150 Å². The number of hydrogen-bond acceptors (Lipinski definition) is 4. The molecule has 1 aromatic heterocycles. The van der Waals surface area contributed by atoms with Gasteiger partial charge in [-0.25, -0.2) is 0 Å². The number of nitrogens with one attached hydrogen (secondary N) is 1. The number of aliphatic hydroxyl groups is 1. The van der Waals surface area contributed by atoms with Gasteiger partial charge in [-0.3, -0.25) is 4.68 Å². The minimum Gasteiger partial charge on any atom is -0.389 e. The van der Waals surface area contributed by atoms with Crippen molar-refractivity contribution in [2.45, 2.75) is 57.9 Å². The number of ether oxygens (including phenoxy) is 1. The highest BCUT2D eigenvalue weighted by Gasteiger charge is 2.21. The van der Waals surface area contributed by atoms with Crippen LogP contribution in [0, 0.1) is 6.92 Å². The van der Waals surface area contributed by atoms with E-state index in [0.29, 0.717) is 13.2 Å². The molecule has 136 valence electrons. The summed E-state index contributed by atoms with van der Waals surface area (Å²) in [6, 6.07) is 8.73. The second kappa shape index (κ2) is 8.61. The van der Waals surface area contributed by atoms with Crippen LogP contribution >= 0.6 is 0 Å². The number of aryl methyl sites for hydroxylation is 2. The van der Waals surface area contributed by atoms with Crippen LogP contribution in [0.2, 0.25) is 0 Å². The Morgan fingerprint density at radius 2 is 2.24 bits per heavy atom. The number of aliphatic hydroxyl groups excluding tert-OH is 1. The highest BCUT2D eigenvalue weighted by molar-refractivity contribution is 5.31. The molecule has 25 heavy (non-hydrogen) atoms. The van der Waals surface area contributed by atoms with Crippen molar-refractivity contribution in [2.75, 3.05) is 13.2 Å². The Bertz CT molecular complexity index is 670. The van der Waals surface area contributed by atoms with Crippen molar-refractivity contribution >= 4 is 0 Å². The summed E-state index contributed by atoms with van der Waals surface area (Å²) in [6.07, 6.45) is 6.81. The number of rotatable bonds is 8. The van der Waals surface area contributed by atoms with Gasteiger partial charge in [-0.05, 0) is 49.8 Å². The molecule has 1 aromatic carbocycles. The molecule has 3 rings (SSSR count). The summed E-state index contributed by atoms with van der Waals surface area (Å²) in [5.41, 5.74) is 3.83. The van der Waals surface area contributed by atoms with Gasteiger partial charge in [0, 0.05) is 18.8 Å². The van der Waals surface area contributed by atoms with Gasteiger partial charge in [-0.1, -0.05) is 24.3 Å². The quantitative estimate of drug-likeness (QED) is 0.774. The fourth-order valence-corrected chi connectivity index (χ4v) is 3.42. The summed E-state index contributed by atoms with van der Waals surface area (Å²) < 4.78 is 7.94. The zero-order valence-corrected chi connectivity index (χ0v) is 15.2. The van der Waals surface area contributed by atoms with Crippen molar-refractivity contribution in [3.05, 3.63) is 53.3 Å². The summed E-state index contributed by atoms with van der Waals surface area (Å²) in [4.78, 5) is 0. The summed E-state index contributed by atoms with van der Waals surface area (Å²) in [7, 11) is 0. The molecule has 0 saturated heterocycles. The second-order valence-corrected chi connectivity index (χ2v) is 7.12. The van der Waals surface area contributed by atoms with Gasteiger partial charge in [-0.2, -0.15) is 5.10 Å². The van der Waals surface area contributed by atoms with Gasteiger partial charge in [0.2, 0.25) is 0 Å². The molecule has 0 unspecified atom stereocenters. The van der Waals surface area contributed by atoms with Gasteiger partial charge in [0.25, 0.3) is 0 Å². The molecule has 2 N–H and O–H groups in total. The lowest BCUT2D eigenvalue weighted by Crippen LogP contribution is -2.38. The fraction of sp³-hybridized carbons (Fsp3) is 0.550. The average Bonchev–Trinajstić information content (AvgIpc) is 3.02. The van der Waals surface area contributed by atoms with Crippen LogP contribution in [0.1, 0.15) is 42.6 Å². The minimum absolute atomic E-state index is 0.115. The number of aromatic nitrogens is 2. The predicted molar refractivity (Wildman–Crippen MR) is 98.5 cm³/mol. The smallest absolute Gasteiger partial charge is 0.0898 e. The van der Waals surface area contributed by atoms with E-state index in [4.69, 9.17) is 4.74 Å². The van der Waals surface area contributed by atoms with E-state index in [1.807, 2.05) is 24.0 Å². The van der Waals surface area contributed by atoms with E-state index >= 15 is 0 Å². The predicted octanol–water partition coefficient (Wildman–Crippen LogP) is 2.62. The van der Waals surface area contributed by atoms with Crippen molar-refractivity contribution in [1.29, 1.82) is 0 Å². The Kier molecular flexibility index (Phi) is 6.24. The van der Waals surface area contributed by atoms with E-state index in [2.05, 4.69) is 41.6 Å². The van der Waals surface area contributed by atoms with Gasteiger partial charge < -0.3 is 15.2 Å². The molecule has 1 aliphatic carbocycles. The Morgan fingerprint density at radius 3 is 3.04 bits per heavy atom. The number of nitrogens with zero attached hydrogens (tertiary/aromatic N) is 2. The lowest BCUT2D eigenvalue weighted by atomic mass is 9.89. The molecular weight excluding hydrogens is 314 g/mol. The van der Waals surface area contributed by atoms with Crippen LogP contribution in [0.25, 0.3) is 0 Å². The van der Waals surface area contributed by atoms with Crippen LogP contribution in [0.4, 0.5) is 0 Å². The van der Waals surface area contributed by atoms with Gasteiger partial charge in [0.05, 0.1) is 31.6 Å². The minimum atomic E-state index is -0.504. The molecule has 0 spiro atoms. The van der Waals surface area contributed by atoms with Crippen molar-refractivity contribution in [2.24, 2.45) is 0 Å². The molecule has 0 amide bonds. The molecule has 5 nitrogen and oxygen atoms in total. The van der Waals surface area contributed by atoms with E-state index < -0.39 is 6.10 Å². The second-order valence-electron chi connectivity index (χ2n) is 7.12. The van der Waals surface area contributed by atoms with Crippen LogP contribution < -0.4 is 5.32 Å². The largest absolute Gasteiger partial charge is 0.389 e. The Hall–Kier alpha value is -1.69. The molecule has 5 heteroatoms. The van der Waals surface area contributed by atoms with E-state index in [1.54, 1.807) is 0 Å². The molecule has 2 aromatic rings. The molecule has 3 atom stereocenters. The maximum atomic E-state index is 10.2. The lowest BCUT2D eigenvalue weighted by Gasteiger charge is -2.27. The summed E-state index contributed by atoms with van der Waals surface area (Å²) in [5.74, 6) is 0.